The van der Waals surface area contributed by atoms with E-state index in [1.165, 1.54) is 167 Å². The van der Waals surface area contributed by atoms with Crippen LogP contribution in [-0.4, -0.2) is 248 Å². The van der Waals surface area contributed by atoms with Gasteiger partial charge in [0, 0.05) is 57.7 Å². The van der Waals surface area contributed by atoms with Gasteiger partial charge in [0.2, 0.25) is 17.7 Å². The van der Waals surface area contributed by atoms with Crippen molar-refractivity contribution in [3.05, 3.63) is 63.6 Å². The number of likely N-dealkylation sites (N-methyl/N-ethyl adjacent to an activating group) is 1. The van der Waals surface area contributed by atoms with Gasteiger partial charge >= 0.3 is 18.1 Å². The molecule has 0 bridgehead atoms. The zero-order valence-corrected chi connectivity index (χ0v) is 73.2. The first-order valence-corrected chi connectivity index (χ1v) is 44.8. The Balaban J connectivity index is 0.00000631. The summed E-state index contributed by atoms with van der Waals surface area (Å²) in [7, 11) is 4.53. The second-order valence-corrected chi connectivity index (χ2v) is 31.8. The van der Waals surface area contributed by atoms with E-state index in [9.17, 15) is 42.3 Å². The molecule has 4 amide bonds. The number of hydrogen-bond donors (Lipinski definition) is 6. The van der Waals surface area contributed by atoms with E-state index in [1.54, 1.807) is 42.5 Å². The molecule has 0 spiro atoms. The highest BCUT2D eigenvalue weighted by atomic mass is 35.5. The third kappa shape index (κ3) is 61.2. The number of rotatable bonds is 79. The maximum Gasteiger partial charge on any atom is 0.490 e. The first kappa shape index (κ1) is 108. The highest BCUT2D eigenvalue weighted by Crippen LogP contribution is 2.41. The molecule has 24 nitrogen and oxygen atoms in total. The van der Waals surface area contributed by atoms with Gasteiger partial charge in [0.25, 0.3) is 5.91 Å². The van der Waals surface area contributed by atoms with Crippen LogP contribution in [0.5, 0.6) is 0 Å². The Labute approximate surface area is 708 Å². The number of aliphatic carboxylic acids is 2. The zero-order valence-electron chi connectivity index (χ0n) is 71.7. The van der Waals surface area contributed by atoms with Crippen molar-refractivity contribution in [2.24, 2.45) is 5.41 Å². The Kier molecular flexibility index (Phi) is 67.3. The minimum absolute atomic E-state index is 0.000125. The minimum Gasteiger partial charge on any atom is -0.480 e. The van der Waals surface area contributed by atoms with Crippen molar-refractivity contribution < 1.29 is 109 Å². The Morgan fingerprint density at radius 1 is 0.470 bits per heavy atom. The number of carbonyl (C=O) groups is 6. The number of amides is 4. The Hall–Kier alpha value is -4.85. The standard InChI is InChI=1S/C86H149Cl2N5O17.C2HF3O2/c1-5-7-9-11-13-15-17-19-21-23-25-27-29-33-51-109-73-76(110-52-34-30-28-26-24-22-20-18-16-14-12-10-8-6-2)72-93(3,4)50-36-48-89-80(94)43-53-100-55-57-102-59-61-104-63-65-106-67-69-108-70-68-107-66-64-105-62-60-103-58-56-101-54-44-81(95)90-49-47-86(45-31-32-46-86)85(99)92-79(84(97)98)71-74-39-41-75(42-40-74)91-83(96)82-77(87)37-35-38-78(82)88;3-2(4,5)1(6)7/h35,37-42,76,79H,5-34,36,43-73H2,1-4H3,(H4-,89,90,91,92,94,95,96,97,98,99);(H,6,7)/p+1/t76?,79-;/m0./s1. The quantitative estimate of drug-likeness (QED) is 0.0265. The number of alkyl halides is 3. The highest BCUT2D eigenvalue weighted by Gasteiger charge is 2.42. The predicted octanol–water partition coefficient (Wildman–Crippen LogP) is 16.9. The molecule has 117 heavy (non-hydrogen) atoms. The number of nitrogens with one attached hydrogen (secondary N) is 4. The molecule has 1 unspecified atom stereocenters. The third-order valence-electron chi connectivity index (χ3n) is 20.3. The third-order valence-corrected chi connectivity index (χ3v) is 21.0. The van der Waals surface area contributed by atoms with Gasteiger partial charge in [-0.3, -0.25) is 19.2 Å². The predicted molar refractivity (Wildman–Crippen MR) is 454 cm³/mol. The van der Waals surface area contributed by atoms with Crippen LogP contribution in [0.3, 0.4) is 0 Å². The fourth-order valence-corrected chi connectivity index (χ4v) is 14.1. The first-order chi connectivity index (χ1) is 56.6. The van der Waals surface area contributed by atoms with Crippen molar-refractivity contribution in [2.45, 2.75) is 270 Å². The molecular formula is C88H151Cl2F3N5O19+. The molecule has 2 aromatic rings. The number of carbonyl (C=O) groups excluding carboxylic acids is 4. The maximum atomic E-state index is 13.7. The largest absolute Gasteiger partial charge is 0.490 e. The first-order valence-electron chi connectivity index (χ1n) is 44.1. The Morgan fingerprint density at radius 3 is 1.21 bits per heavy atom. The summed E-state index contributed by atoms with van der Waals surface area (Å²) in [6.07, 6.45) is 37.4. The molecule has 1 aliphatic carbocycles. The van der Waals surface area contributed by atoms with Crippen LogP contribution in [0, 0.1) is 5.41 Å². The van der Waals surface area contributed by atoms with E-state index in [0.29, 0.717) is 162 Å². The number of unbranched alkanes of at least 4 members (excludes halogenated alkanes) is 26. The van der Waals surface area contributed by atoms with Gasteiger partial charge in [-0.1, -0.05) is 235 Å². The lowest BCUT2D eigenvalue weighted by Crippen LogP contribution is -2.49. The SMILES string of the molecule is CCCCCCCCCCCCCCCCOCC(C[N+](C)(C)CCCNC(=O)CCOCCOCCOCCOCCOCCOCCOCCOCCOCCC(=O)NCCC1(C(=O)N[C@@H](Cc2ccc(NC(=O)c3c(Cl)cccc3Cl)cc2)C(=O)O)CCCC1)OCCCCCCCCCCCCCCCC.O=C(O)C(F)(F)F. The molecule has 29 heteroatoms. The molecule has 2 aromatic carbocycles. The van der Waals surface area contributed by atoms with Crippen LogP contribution in [0.2, 0.25) is 10.0 Å². The summed E-state index contributed by atoms with van der Waals surface area (Å²) < 4.78 is 95.8. The number of benzene rings is 2. The van der Waals surface area contributed by atoms with Gasteiger partial charge in [-0.15, -0.1) is 0 Å². The fourth-order valence-electron chi connectivity index (χ4n) is 13.5. The molecule has 1 saturated carbocycles. The van der Waals surface area contributed by atoms with Crippen LogP contribution in [0.15, 0.2) is 42.5 Å². The molecule has 3 rings (SSSR count). The average Bonchev–Trinajstić information content (AvgIpc) is 1.74. The van der Waals surface area contributed by atoms with Gasteiger partial charge < -0.3 is 88.1 Å². The van der Waals surface area contributed by atoms with Crippen molar-refractivity contribution >= 4 is 64.5 Å². The summed E-state index contributed by atoms with van der Waals surface area (Å²) in [5, 5.41) is 29.1. The highest BCUT2D eigenvalue weighted by molar-refractivity contribution is 6.40. The van der Waals surface area contributed by atoms with Gasteiger partial charge in [-0.25, -0.2) is 9.59 Å². The van der Waals surface area contributed by atoms with Crippen LogP contribution < -0.4 is 21.3 Å². The lowest BCUT2D eigenvalue weighted by atomic mass is 9.81. The zero-order chi connectivity index (χ0) is 85.4. The van der Waals surface area contributed by atoms with Gasteiger partial charge in [-0.05, 0) is 61.9 Å². The van der Waals surface area contributed by atoms with Crippen LogP contribution in [-0.2, 0) is 82.5 Å². The fraction of sp³-hybridized carbons (Fsp3) is 0.795. The second-order valence-electron chi connectivity index (χ2n) is 31.0. The van der Waals surface area contributed by atoms with E-state index >= 15 is 0 Å². The molecule has 6 N–H and O–H groups in total. The minimum atomic E-state index is -5.08. The summed E-state index contributed by atoms with van der Waals surface area (Å²) in [5.41, 5.74) is 0.468. The summed E-state index contributed by atoms with van der Waals surface area (Å²) in [6, 6.07) is 10.3. The molecule has 676 valence electrons. The number of quaternary nitrogens is 1. The number of carboxylic acid groups (broad SMARTS) is 2. The molecule has 0 radical (unpaired) electrons. The number of anilines is 1. The van der Waals surface area contributed by atoms with Crippen LogP contribution >= 0.6 is 23.2 Å². The number of halogens is 5. The van der Waals surface area contributed by atoms with E-state index in [0.717, 1.165) is 62.9 Å². The van der Waals surface area contributed by atoms with Crippen molar-refractivity contribution in [3.8, 4) is 0 Å². The van der Waals surface area contributed by atoms with Gasteiger partial charge in [-0.2, -0.15) is 13.2 Å². The topological polar surface area (TPSA) is 293 Å². The average molecular weight is 1710 g/mol. The van der Waals surface area contributed by atoms with Gasteiger partial charge in [0.1, 0.15) is 18.7 Å². The van der Waals surface area contributed by atoms with Gasteiger partial charge in [0.15, 0.2) is 0 Å². The lowest BCUT2D eigenvalue weighted by molar-refractivity contribution is -0.893. The summed E-state index contributed by atoms with van der Waals surface area (Å²) in [5.74, 6) is -4.95. The molecule has 1 aliphatic rings. The van der Waals surface area contributed by atoms with E-state index < -0.39 is 35.5 Å². The molecule has 0 aromatic heterocycles. The van der Waals surface area contributed by atoms with Gasteiger partial charge in [0.05, 0.1) is 167 Å². The van der Waals surface area contributed by atoms with E-state index in [4.69, 9.17) is 85.2 Å². The molecule has 0 aliphatic heterocycles. The van der Waals surface area contributed by atoms with Crippen LogP contribution in [0.25, 0.3) is 0 Å². The number of nitrogens with zero attached hydrogens (tertiary/aromatic N) is 1. The Bertz CT molecular complexity index is 2780. The Morgan fingerprint density at radius 2 is 0.829 bits per heavy atom. The second kappa shape index (κ2) is 72.8. The van der Waals surface area contributed by atoms with E-state index in [1.807, 2.05) is 0 Å². The summed E-state index contributed by atoms with van der Waals surface area (Å²) in [4.78, 5) is 73.0. The summed E-state index contributed by atoms with van der Waals surface area (Å²) in [6.45, 7) is 16.8. The number of hydrogen-bond acceptors (Lipinski definition) is 17. The summed E-state index contributed by atoms with van der Waals surface area (Å²) >= 11 is 12.4. The molecule has 0 saturated heterocycles. The maximum absolute atomic E-state index is 13.7. The molecule has 1 fully saturated rings. The molecule has 0 heterocycles. The van der Waals surface area contributed by atoms with Crippen LogP contribution in [0.4, 0.5) is 18.9 Å². The normalized spacial score (nSPS) is 13.3. The van der Waals surface area contributed by atoms with Crippen molar-refractivity contribution in [2.75, 3.05) is 184 Å². The van der Waals surface area contributed by atoms with Crippen LogP contribution in [0.1, 0.15) is 261 Å². The number of ether oxygens (including phenoxy) is 11. The molecule has 2 atom stereocenters. The van der Waals surface area contributed by atoms with Crippen molar-refractivity contribution in [3.63, 3.8) is 0 Å². The van der Waals surface area contributed by atoms with E-state index in [-0.39, 0.29) is 65.4 Å². The number of carboxylic acids is 2. The monoisotopic (exact) mass is 1710 g/mol. The van der Waals surface area contributed by atoms with E-state index in [2.05, 4.69) is 49.2 Å². The lowest BCUT2D eigenvalue weighted by Gasteiger charge is -2.33. The molecular weight excluding hydrogens is 1560 g/mol. The van der Waals surface area contributed by atoms with Crippen molar-refractivity contribution in [1.29, 1.82) is 0 Å². The van der Waals surface area contributed by atoms with Crippen molar-refractivity contribution in [1.82, 2.24) is 16.0 Å². The smallest absolute Gasteiger partial charge is 0.480 e.